The van der Waals surface area contributed by atoms with Crippen molar-refractivity contribution in [1.82, 2.24) is 5.32 Å². The Morgan fingerprint density at radius 2 is 1.67 bits per heavy atom. The van der Waals surface area contributed by atoms with Gasteiger partial charge in [0.2, 0.25) is 0 Å². The van der Waals surface area contributed by atoms with Crippen molar-refractivity contribution in [2.75, 3.05) is 14.2 Å². The highest BCUT2D eigenvalue weighted by atomic mass is 16.5. The summed E-state index contributed by atoms with van der Waals surface area (Å²) < 4.78 is 10.5. The van der Waals surface area contributed by atoms with Gasteiger partial charge in [0.05, 0.1) is 14.2 Å². The molecule has 0 saturated heterocycles. The number of para-hydroxylation sites is 1. The Morgan fingerprint density at radius 1 is 0.952 bits per heavy atom. The molecule has 112 valence electrons. The van der Waals surface area contributed by atoms with Gasteiger partial charge in [-0.3, -0.25) is 0 Å². The molecule has 0 saturated carbocycles. The average molecular weight is 285 g/mol. The first kappa shape index (κ1) is 15.4. The van der Waals surface area contributed by atoms with E-state index in [1.807, 2.05) is 30.3 Å². The molecule has 0 aliphatic heterocycles. The van der Waals surface area contributed by atoms with Crippen LogP contribution in [-0.4, -0.2) is 20.3 Å². The Morgan fingerprint density at radius 3 is 2.33 bits per heavy atom. The molecule has 0 amide bonds. The number of hydrogen-bond acceptors (Lipinski definition) is 3. The molecule has 0 radical (unpaired) electrons. The fourth-order valence-corrected chi connectivity index (χ4v) is 2.32. The molecule has 3 heteroatoms. The predicted molar refractivity (Wildman–Crippen MR) is 86.0 cm³/mol. The molecule has 0 aromatic heterocycles. The Balaban J connectivity index is 1.87. The summed E-state index contributed by atoms with van der Waals surface area (Å²) in [4.78, 5) is 0. The Hall–Kier alpha value is -2.00. The molecule has 1 atom stereocenters. The normalized spacial score (nSPS) is 12.0. The number of nitrogens with one attached hydrogen (secondary N) is 1. The topological polar surface area (TPSA) is 30.5 Å². The third-order valence-corrected chi connectivity index (χ3v) is 3.53. The minimum atomic E-state index is 0.392. The van der Waals surface area contributed by atoms with Crippen LogP contribution in [0, 0.1) is 0 Å². The van der Waals surface area contributed by atoms with Crippen LogP contribution in [0.3, 0.4) is 0 Å². The van der Waals surface area contributed by atoms with Gasteiger partial charge in [-0.05, 0) is 37.1 Å². The molecule has 0 fully saturated rings. The summed E-state index contributed by atoms with van der Waals surface area (Å²) in [5.74, 6) is 1.83. The molecular weight excluding hydrogens is 262 g/mol. The minimum Gasteiger partial charge on any atom is -0.497 e. The van der Waals surface area contributed by atoms with Crippen molar-refractivity contribution in [1.29, 1.82) is 0 Å². The lowest BCUT2D eigenvalue weighted by Gasteiger charge is -2.15. The minimum absolute atomic E-state index is 0.392. The molecular formula is C18H23NO2. The van der Waals surface area contributed by atoms with Crippen LogP contribution in [0.5, 0.6) is 11.5 Å². The van der Waals surface area contributed by atoms with Crippen molar-refractivity contribution < 1.29 is 9.47 Å². The summed E-state index contributed by atoms with van der Waals surface area (Å²) in [6.07, 6.45) is 0.985. The highest BCUT2D eigenvalue weighted by Crippen LogP contribution is 2.17. The lowest BCUT2D eigenvalue weighted by Crippen LogP contribution is -2.27. The maximum atomic E-state index is 5.37. The maximum absolute atomic E-state index is 5.37. The van der Waals surface area contributed by atoms with Gasteiger partial charge >= 0.3 is 0 Å². The second-order valence-electron chi connectivity index (χ2n) is 5.15. The summed E-state index contributed by atoms with van der Waals surface area (Å²) in [6, 6.07) is 16.7. The standard InChI is InChI=1S/C18H23NO2/c1-14(12-15-8-10-17(20-2)11-9-15)19-13-16-6-4-5-7-18(16)21-3/h4-11,14,19H,12-13H2,1-3H3. The van der Waals surface area contributed by atoms with Crippen molar-refractivity contribution in [3.05, 3.63) is 59.7 Å². The zero-order valence-electron chi connectivity index (χ0n) is 12.9. The molecule has 0 aliphatic carbocycles. The summed E-state index contributed by atoms with van der Waals surface area (Å²) in [7, 11) is 3.39. The first-order valence-corrected chi connectivity index (χ1v) is 7.21. The fraction of sp³-hybridized carbons (Fsp3) is 0.333. The van der Waals surface area contributed by atoms with Gasteiger partial charge in [0.15, 0.2) is 0 Å². The lowest BCUT2D eigenvalue weighted by molar-refractivity contribution is 0.405. The van der Waals surface area contributed by atoms with E-state index in [4.69, 9.17) is 9.47 Å². The van der Waals surface area contributed by atoms with Crippen LogP contribution in [0.15, 0.2) is 48.5 Å². The van der Waals surface area contributed by atoms with Crippen LogP contribution < -0.4 is 14.8 Å². The van der Waals surface area contributed by atoms with Gasteiger partial charge < -0.3 is 14.8 Å². The summed E-state index contributed by atoms with van der Waals surface area (Å²) >= 11 is 0. The third kappa shape index (κ3) is 4.50. The predicted octanol–water partition coefficient (Wildman–Crippen LogP) is 3.42. The van der Waals surface area contributed by atoms with Crippen molar-refractivity contribution in [2.45, 2.75) is 25.9 Å². The first-order chi connectivity index (χ1) is 10.2. The highest BCUT2D eigenvalue weighted by Gasteiger charge is 2.06. The Labute approximate surface area is 126 Å². The number of ether oxygens (including phenoxy) is 2. The summed E-state index contributed by atoms with van der Waals surface area (Å²) in [6.45, 7) is 3.00. The molecule has 2 aromatic rings. The van der Waals surface area contributed by atoms with E-state index in [0.717, 1.165) is 24.5 Å². The molecule has 3 nitrogen and oxygen atoms in total. The summed E-state index contributed by atoms with van der Waals surface area (Å²) in [5, 5.41) is 3.54. The van der Waals surface area contributed by atoms with E-state index in [-0.39, 0.29) is 0 Å². The highest BCUT2D eigenvalue weighted by molar-refractivity contribution is 5.33. The van der Waals surface area contributed by atoms with E-state index in [0.29, 0.717) is 6.04 Å². The van der Waals surface area contributed by atoms with Crippen molar-refractivity contribution in [2.24, 2.45) is 0 Å². The van der Waals surface area contributed by atoms with Crippen LogP contribution in [0.2, 0.25) is 0 Å². The quantitative estimate of drug-likeness (QED) is 0.845. The van der Waals surface area contributed by atoms with Crippen molar-refractivity contribution in [3.8, 4) is 11.5 Å². The molecule has 21 heavy (non-hydrogen) atoms. The number of methoxy groups -OCH3 is 2. The van der Waals surface area contributed by atoms with E-state index in [2.05, 4.69) is 30.4 Å². The zero-order valence-corrected chi connectivity index (χ0v) is 12.9. The number of rotatable bonds is 7. The second-order valence-corrected chi connectivity index (χ2v) is 5.15. The van der Waals surface area contributed by atoms with Crippen molar-refractivity contribution in [3.63, 3.8) is 0 Å². The number of hydrogen-bond donors (Lipinski definition) is 1. The number of benzene rings is 2. The molecule has 0 heterocycles. The molecule has 0 bridgehead atoms. The van der Waals surface area contributed by atoms with Crippen LogP contribution in [0.1, 0.15) is 18.1 Å². The Bertz CT molecular complexity index is 551. The monoisotopic (exact) mass is 285 g/mol. The third-order valence-electron chi connectivity index (χ3n) is 3.53. The van der Waals surface area contributed by atoms with Crippen LogP contribution in [0.25, 0.3) is 0 Å². The van der Waals surface area contributed by atoms with Gasteiger partial charge in [0.25, 0.3) is 0 Å². The smallest absolute Gasteiger partial charge is 0.123 e. The van der Waals surface area contributed by atoms with Gasteiger partial charge in [-0.25, -0.2) is 0 Å². The molecule has 2 aromatic carbocycles. The van der Waals surface area contributed by atoms with Crippen molar-refractivity contribution >= 4 is 0 Å². The SMILES string of the molecule is COc1ccc(CC(C)NCc2ccccc2OC)cc1. The van der Waals surface area contributed by atoms with E-state index >= 15 is 0 Å². The van der Waals surface area contributed by atoms with E-state index in [9.17, 15) is 0 Å². The molecule has 1 unspecified atom stereocenters. The van der Waals surface area contributed by atoms with Gasteiger partial charge in [-0.15, -0.1) is 0 Å². The van der Waals surface area contributed by atoms with E-state index < -0.39 is 0 Å². The molecule has 2 rings (SSSR count). The van der Waals surface area contributed by atoms with E-state index in [1.54, 1.807) is 14.2 Å². The molecule has 0 aliphatic rings. The van der Waals surface area contributed by atoms with Gasteiger partial charge in [-0.1, -0.05) is 30.3 Å². The van der Waals surface area contributed by atoms with Crippen LogP contribution in [-0.2, 0) is 13.0 Å². The van der Waals surface area contributed by atoms with Gasteiger partial charge in [-0.2, -0.15) is 0 Å². The van der Waals surface area contributed by atoms with Gasteiger partial charge in [0.1, 0.15) is 11.5 Å². The zero-order chi connectivity index (χ0) is 15.1. The first-order valence-electron chi connectivity index (χ1n) is 7.21. The summed E-state index contributed by atoms with van der Waals surface area (Å²) in [5.41, 5.74) is 2.48. The average Bonchev–Trinajstić information content (AvgIpc) is 2.54. The maximum Gasteiger partial charge on any atom is 0.123 e. The van der Waals surface area contributed by atoms with Gasteiger partial charge in [0, 0.05) is 18.2 Å². The molecule has 0 spiro atoms. The van der Waals surface area contributed by atoms with Crippen LogP contribution >= 0.6 is 0 Å². The molecule has 1 N–H and O–H groups in total. The van der Waals surface area contributed by atoms with E-state index in [1.165, 1.54) is 11.1 Å². The van der Waals surface area contributed by atoms with Crippen LogP contribution in [0.4, 0.5) is 0 Å². The lowest BCUT2D eigenvalue weighted by atomic mass is 10.1. The Kier molecular flexibility index (Phi) is 5.64. The second kappa shape index (κ2) is 7.70. The fourth-order valence-electron chi connectivity index (χ4n) is 2.32. The largest absolute Gasteiger partial charge is 0.497 e.